The number of nitrogens with zero attached hydrogens (tertiary/aromatic N) is 6. The lowest BCUT2D eigenvalue weighted by molar-refractivity contribution is 0.0530. The molecule has 0 spiro atoms. The average molecular weight is 525 g/mol. The summed E-state index contributed by atoms with van der Waals surface area (Å²) in [6, 6.07) is 10.7. The highest BCUT2D eigenvalue weighted by molar-refractivity contribution is 6.28. The van der Waals surface area contributed by atoms with E-state index in [0.29, 0.717) is 31.4 Å². The van der Waals surface area contributed by atoms with E-state index in [1.54, 1.807) is 0 Å². The smallest absolute Gasteiger partial charge is 0.226 e. The number of hydrogen-bond donors (Lipinski definition) is 0. The van der Waals surface area contributed by atoms with Crippen LogP contribution < -0.4 is 9.80 Å². The van der Waals surface area contributed by atoms with E-state index in [9.17, 15) is 0 Å². The Bertz CT molecular complexity index is 1210. The topological polar surface area (TPSA) is 68.5 Å². The van der Waals surface area contributed by atoms with Gasteiger partial charge >= 0.3 is 0 Å². The van der Waals surface area contributed by atoms with Crippen molar-refractivity contribution in [2.45, 2.75) is 58.2 Å². The minimum atomic E-state index is 0.0900. The molecule has 2 aromatic heterocycles. The second-order valence-corrected chi connectivity index (χ2v) is 11.3. The third-order valence-electron chi connectivity index (χ3n) is 8.22. The number of imidazole rings is 1. The minimum Gasteiger partial charge on any atom is -0.377 e. The lowest BCUT2D eigenvalue weighted by Crippen LogP contribution is -2.42. The third kappa shape index (κ3) is 5.16. The quantitative estimate of drug-likeness (QED) is 0.429. The number of aromatic nitrogens is 4. The monoisotopic (exact) mass is 524 g/mol. The molecule has 0 radical (unpaired) electrons. The first-order valence-corrected chi connectivity index (χ1v) is 14.1. The number of anilines is 2. The summed E-state index contributed by atoms with van der Waals surface area (Å²) in [5, 5.41) is 0.242. The van der Waals surface area contributed by atoms with Crippen molar-refractivity contribution >= 4 is 34.5 Å². The number of ether oxygens (including phenoxy) is 2. The highest BCUT2D eigenvalue weighted by Crippen LogP contribution is 2.38. The number of hydrogen-bond acceptors (Lipinski definition) is 7. The Morgan fingerprint density at radius 1 is 0.973 bits per heavy atom. The van der Waals surface area contributed by atoms with Gasteiger partial charge in [-0.2, -0.15) is 15.0 Å². The average Bonchev–Trinajstić information content (AvgIpc) is 3.27. The summed E-state index contributed by atoms with van der Waals surface area (Å²) in [6.07, 6.45) is 5.18. The van der Waals surface area contributed by atoms with Crippen molar-refractivity contribution in [1.29, 1.82) is 0 Å². The first-order chi connectivity index (χ1) is 18.1. The van der Waals surface area contributed by atoms with Crippen molar-refractivity contribution in [2.75, 3.05) is 49.3 Å². The van der Waals surface area contributed by atoms with Gasteiger partial charge < -0.3 is 23.8 Å². The van der Waals surface area contributed by atoms with E-state index >= 15 is 0 Å². The Morgan fingerprint density at radius 3 is 2.57 bits per heavy atom. The Kier molecular flexibility index (Phi) is 7.23. The van der Waals surface area contributed by atoms with Gasteiger partial charge in [0.05, 0.1) is 32.0 Å². The van der Waals surface area contributed by atoms with Gasteiger partial charge in [0.2, 0.25) is 11.2 Å². The highest BCUT2D eigenvalue weighted by atomic mass is 35.5. The molecule has 6 rings (SSSR count). The van der Waals surface area contributed by atoms with Crippen LogP contribution in [0, 0.1) is 11.8 Å². The van der Waals surface area contributed by atoms with Gasteiger partial charge in [-0.05, 0) is 48.8 Å². The molecule has 9 heteroatoms. The Balaban J connectivity index is 1.48. The number of halogens is 1. The van der Waals surface area contributed by atoms with Crippen molar-refractivity contribution in [1.82, 2.24) is 19.5 Å². The largest absolute Gasteiger partial charge is 0.377 e. The molecule has 8 nitrogen and oxygen atoms in total. The van der Waals surface area contributed by atoms with Crippen LogP contribution in [0.3, 0.4) is 0 Å². The zero-order valence-electron chi connectivity index (χ0n) is 21.9. The normalized spacial score (nSPS) is 27.1. The number of benzene rings is 1. The van der Waals surface area contributed by atoms with E-state index in [1.165, 1.54) is 31.2 Å². The molecule has 1 unspecified atom stereocenters. The molecule has 2 atom stereocenters. The van der Waals surface area contributed by atoms with E-state index in [-0.39, 0.29) is 17.4 Å². The van der Waals surface area contributed by atoms with Gasteiger partial charge in [-0.15, -0.1) is 0 Å². The lowest BCUT2D eigenvalue weighted by Gasteiger charge is -2.38. The lowest BCUT2D eigenvalue weighted by atomic mass is 9.83. The Labute approximate surface area is 223 Å². The summed E-state index contributed by atoms with van der Waals surface area (Å²) in [7, 11) is 0. The summed E-state index contributed by atoms with van der Waals surface area (Å²) in [6.45, 7) is 9.70. The predicted molar refractivity (Wildman–Crippen MR) is 146 cm³/mol. The summed E-state index contributed by atoms with van der Waals surface area (Å²) in [4.78, 5) is 19.3. The third-order valence-corrected chi connectivity index (χ3v) is 8.39. The van der Waals surface area contributed by atoms with Gasteiger partial charge in [0, 0.05) is 26.2 Å². The van der Waals surface area contributed by atoms with Crippen molar-refractivity contribution in [3.05, 3.63) is 41.2 Å². The molecule has 1 aromatic carbocycles. The predicted octanol–water partition coefficient (Wildman–Crippen LogP) is 5.11. The molecule has 3 aromatic rings. The van der Waals surface area contributed by atoms with Crippen LogP contribution in [-0.2, 0) is 16.0 Å². The fourth-order valence-corrected chi connectivity index (χ4v) is 6.33. The molecule has 0 amide bonds. The maximum atomic E-state index is 6.50. The van der Waals surface area contributed by atoms with Gasteiger partial charge in [0.25, 0.3) is 0 Å². The molecule has 1 saturated carbocycles. The maximum absolute atomic E-state index is 6.50. The van der Waals surface area contributed by atoms with Crippen LogP contribution in [0.2, 0.25) is 5.28 Å². The minimum absolute atomic E-state index is 0.0900. The van der Waals surface area contributed by atoms with Crippen LogP contribution in [-0.4, -0.2) is 65.1 Å². The molecule has 3 aliphatic rings. The zero-order chi connectivity index (χ0) is 25.4. The van der Waals surface area contributed by atoms with Gasteiger partial charge in [-0.25, -0.2) is 0 Å². The number of morpholine rings is 2. The highest BCUT2D eigenvalue weighted by Gasteiger charge is 2.33. The molecule has 4 heterocycles. The molecular weight excluding hydrogens is 488 g/mol. The molecule has 3 fully saturated rings. The first-order valence-electron chi connectivity index (χ1n) is 13.8. The van der Waals surface area contributed by atoms with Gasteiger partial charge in [0.15, 0.2) is 11.5 Å². The van der Waals surface area contributed by atoms with Crippen molar-refractivity contribution in [3.8, 4) is 0 Å². The fourth-order valence-electron chi connectivity index (χ4n) is 6.17. The molecule has 2 saturated heterocycles. The van der Waals surface area contributed by atoms with Gasteiger partial charge in [0.1, 0.15) is 5.52 Å². The van der Waals surface area contributed by atoms with Crippen LogP contribution in [0.1, 0.15) is 51.1 Å². The van der Waals surface area contributed by atoms with E-state index in [2.05, 4.69) is 63.5 Å². The summed E-state index contributed by atoms with van der Waals surface area (Å²) >= 11 is 6.50. The van der Waals surface area contributed by atoms with Crippen molar-refractivity contribution in [3.63, 3.8) is 0 Å². The van der Waals surface area contributed by atoms with Crippen molar-refractivity contribution in [2.24, 2.45) is 11.8 Å². The zero-order valence-corrected chi connectivity index (χ0v) is 22.6. The molecule has 2 aliphatic heterocycles. The van der Waals surface area contributed by atoms with Crippen LogP contribution in [0.5, 0.6) is 0 Å². The summed E-state index contributed by atoms with van der Waals surface area (Å²) in [5.41, 5.74) is 2.90. The Hall–Kier alpha value is -2.42. The molecule has 0 N–H and O–H groups in total. The van der Waals surface area contributed by atoms with Crippen LogP contribution in [0.15, 0.2) is 30.3 Å². The Morgan fingerprint density at radius 2 is 1.78 bits per heavy atom. The van der Waals surface area contributed by atoms with E-state index in [1.807, 2.05) is 0 Å². The molecular formula is C28H37ClN6O2. The maximum Gasteiger partial charge on any atom is 0.226 e. The number of fused-ring (bicyclic) bond motifs is 1. The second-order valence-electron chi connectivity index (χ2n) is 11.0. The first kappa shape index (κ1) is 24.9. The van der Waals surface area contributed by atoms with Gasteiger partial charge in [-0.1, -0.05) is 50.1 Å². The molecule has 198 valence electrons. The standard InChI is InChI=1S/C28H37ClN6O2/c1-19-8-10-21(11-9-19)17-35-24-25(30-27(29)32-26(24)33-12-15-37-20(2)16-33)31-28(35)34-13-14-36-18-23(34)22-6-4-3-5-7-22/h3-7,19-21,23H,8-18H2,1-2H3/t19-,20?,21-,23-/m0/s1. The van der Waals surface area contributed by atoms with Crippen LogP contribution >= 0.6 is 11.6 Å². The molecule has 37 heavy (non-hydrogen) atoms. The van der Waals surface area contributed by atoms with Gasteiger partial charge in [-0.3, -0.25) is 0 Å². The number of rotatable bonds is 5. The molecule has 0 bridgehead atoms. The SMILES string of the molecule is CC1CN(c2nc(Cl)nc3nc(N4CCOC[C@H]4c4ccccc4)n(C[C@H]4CC[C@H](C)CC4)c23)CCO1. The second kappa shape index (κ2) is 10.8. The fraction of sp³-hybridized carbons (Fsp3) is 0.607. The van der Waals surface area contributed by atoms with Crippen molar-refractivity contribution < 1.29 is 9.47 Å². The summed E-state index contributed by atoms with van der Waals surface area (Å²) < 4.78 is 14.2. The molecule has 1 aliphatic carbocycles. The van der Waals surface area contributed by atoms with Crippen LogP contribution in [0.25, 0.3) is 11.2 Å². The van der Waals surface area contributed by atoms with Crippen LogP contribution in [0.4, 0.5) is 11.8 Å². The summed E-state index contributed by atoms with van der Waals surface area (Å²) in [5.74, 6) is 3.24. The van der Waals surface area contributed by atoms with E-state index in [0.717, 1.165) is 49.4 Å². The van der Waals surface area contributed by atoms with E-state index in [4.69, 9.17) is 31.0 Å². The van der Waals surface area contributed by atoms with E-state index < -0.39 is 0 Å².